The van der Waals surface area contributed by atoms with Gasteiger partial charge in [0.15, 0.2) is 0 Å². The second-order valence-electron chi connectivity index (χ2n) is 3.56. The van der Waals surface area contributed by atoms with Crippen molar-refractivity contribution in [3.8, 4) is 0 Å². The van der Waals surface area contributed by atoms with Crippen LogP contribution in [0.1, 0.15) is 16.8 Å². The molecular weight excluding hydrogens is 274 g/mol. The lowest BCUT2D eigenvalue weighted by Gasteiger charge is -2.06. The lowest BCUT2D eigenvalue weighted by atomic mass is 10.2. The van der Waals surface area contributed by atoms with Gasteiger partial charge in [-0.2, -0.15) is 0 Å². The van der Waals surface area contributed by atoms with Crippen molar-refractivity contribution in [3.05, 3.63) is 29.8 Å². The molecule has 0 spiro atoms. The highest BCUT2D eigenvalue weighted by atomic mass is 32.2. The van der Waals surface area contributed by atoms with Crippen LogP contribution in [0.2, 0.25) is 0 Å². The first-order valence-electron chi connectivity index (χ1n) is 5.26. The Labute approximate surface area is 110 Å². The Morgan fingerprint density at radius 1 is 1.37 bits per heavy atom. The van der Waals surface area contributed by atoms with E-state index in [1.54, 1.807) is 0 Å². The summed E-state index contributed by atoms with van der Waals surface area (Å²) in [5.41, 5.74) is -0.129. The molecule has 0 aromatic heterocycles. The maximum absolute atomic E-state index is 11.8. The van der Waals surface area contributed by atoms with E-state index >= 15 is 0 Å². The summed E-state index contributed by atoms with van der Waals surface area (Å²) in [7, 11) is -2.64. The zero-order valence-electron chi connectivity index (χ0n) is 10.1. The minimum absolute atomic E-state index is 0.103. The first kappa shape index (κ1) is 15.1. The second-order valence-corrected chi connectivity index (χ2v) is 5.32. The normalized spacial score (nSPS) is 11.0. The van der Waals surface area contributed by atoms with Crippen LogP contribution in [-0.4, -0.2) is 39.1 Å². The van der Waals surface area contributed by atoms with Crippen LogP contribution in [-0.2, 0) is 19.6 Å². The lowest BCUT2D eigenvalue weighted by Crippen LogP contribution is -2.26. The summed E-state index contributed by atoms with van der Waals surface area (Å²) in [6.45, 7) is -0.119. The van der Waals surface area contributed by atoms with Crippen molar-refractivity contribution in [1.29, 1.82) is 0 Å². The number of sulfonamides is 1. The number of methoxy groups -OCH3 is 1. The zero-order chi connectivity index (χ0) is 14.5. The molecule has 0 saturated carbocycles. The molecule has 0 aliphatic rings. The van der Waals surface area contributed by atoms with Gasteiger partial charge in [-0.1, -0.05) is 6.07 Å². The fourth-order valence-electron chi connectivity index (χ4n) is 1.27. The Hall–Kier alpha value is -1.93. The highest BCUT2D eigenvalue weighted by Gasteiger charge is 2.16. The molecule has 19 heavy (non-hydrogen) atoms. The van der Waals surface area contributed by atoms with E-state index in [-0.39, 0.29) is 23.4 Å². The van der Waals surface area contributed by atoms with Gasteiger partial charge in [-0.3, -0.25) is 4.79 Å². The highest BCUT2D eigenvalue weighted by molar-refractivity contribution is 7.89. The molecule has 104 valence electrons. The van der Waals surface area contributed by atoms with Crippen LogP contribution in [0.25, 0.3) is 0 Å². The number of carboxylic acids is 1. The van der Waals surface area contributed by atoms with E-state index in [1.165, 1.54) is 25.3 Å². The lowest BCUT2D eigenvalue weighted by molar-refractivity contribution is -0.140. The van der Waals surface area contributed by atoms with Gasteiger partial charge in [-0.05, 0) is 18.2 Å². The molecule has 8 heteroatoms. The Kier molecular flexibility index (Phi) is 5.02. The van der Waals surface area contributed by atoms with Gasteiger partial charge in [0.25, 0.3) is 0 Å². The quantitative estimate of drug-likeness (QED) is 0.725. The molecule has 0 aliphatic heterocycles. The van der Waals surface area contributed by atoms with Gasteiger partial charge in [0, 0.05) is 6.54 Å². The minimum Gasteiger partial charge on any atom is -0.478 e. The van der Waals surface area contributed by atoms with Crippen LogP contribution in [0.5, 0.6) is 0 Å². The van der Waals surface area contributed by atoms with Gasteiger partial charge in [-0.15, -0.1) is 0 Å². The molecule has 0 aliphatic carbocycles. The maximum Gasteiger partial charge on any atom is 0.335 e. The van der Waals surface area contributed by atoms with Gasteiger partial charge in [-0.25, -0.2) is 17.9 Å². The average molecular weight is 287 g/mol. The number of carboxylic acid groups (broad SMARTS) is 1. The second kappa shape index (κ2) is 6.30. The van der Waals surface area contributed by atoms with E-state index in [0.29, 0.717) is 0 Å². The summed E-state index contributed by atoms with van der Waals surface area (Å²) >= 11 is 0. The van der Waals surface area contributed by atoms with Gasteiger partial charge in [0.05, 0.1) is 24.0 Å². The summed E-state index contributed by atoms with van der Waals surface area (Å²) in [4.78, 5) is 21.4. The first-order chi connectivity index (χ1) is 8.86. The predicted octanol–water partition coefficient (Wildman–Crippen LogP) is 0.226. The summed E-state index contributed by atoms with van der Waals surface area (Å²) in [6.07, 6.45) is -0.103. The summed E-state index contributed by atoms with van der Waals surface area (Å²) < 4.78 is 30.2. The van der Waals surface area contributed by atoms with Crippen molar-refractivity contribution >= 4 is 22.0 Å². The molecule has 0 unspecified atom stereocenters. The molecule has 2 N–H and O–H groups in total. The van der Waals surface area contributed by atoms with Gasteiger partial charge in [0.2, 0.25) is 10.0 Å². The Morgan fingerprint density at radius 2 is 2.05 bits per heavy atom. The number of nitrogens with one attached hydrogen (secondary N) is 1. The van der Waals surface area contributed by atoms with Gasteiger partial charge in [0.1, 0.15) is 0 Å². The molecule has 7 nitrogen and oxygen atoms in total. The first-order valence-corrected chi connectivity index (χ1v) is 6.75. The van der Waals surface area contributed by atoms with Crippen LogP contribution < -0.4 is 4.72 Å². The van der Waals surface area contributed by atoms with E-state index in [0.717, 1.165) is 6.07 Å². The molecule has 1 aromatic rings. The molecule has 0 radical (unpaired) electrons. The van der Waals surface area contributed by atoms with Crippen LogP contribution >= 0.6 is 0 Å². The van der Waals surface area contributed by atoms with Gasteiger partial charge >= 0.3 is 11.9 Å². The fraction of sp³-hybridized carbons (Fsp3) is 0.273. The molecule has 0 bridgehead atoms. The molecule has 1 rings (SSSR count). The van der Waals surface area contributed by atoms with E-state index in [2.05, 4.69) is 9.46 Å². The SMILES string of the molecule is COC(=O)CCNS(=O)(=O)c1cccc(C(=O)O)c1. The zero-order valence-corrected chi connectivity index (χ0v) is 10.9. The van der Waals surface area contributed by atoms with E-state index in [4.69, 9.17) is 5.11 Å². The highest BCUT2D eigenvalue weighted by Crippen LogP contribution is 2.11. The number of carbonyl (C=O) groups excluding carboxylic acids is 1. The molecule has 0 amide bonds. The minimum atomic E-state index is -3.84. The molecule has 0 saturated heterocycles. The van der Waals surface area contributed by atoms with Crippen LogP contribution in [0.15, 0.2) is 29.2 Å². The molecular formula is C11H13NO6S. The monoisotopic (exact) mass is 287 g/mol. The third-order valence-corrected chi connectivity index (χ3v) is 3.70. The number of rotatable bonds is 6. The number of benzene rings is 1. The summed E-state index contributed by atoms with van der Waals surface area (Å²) in [5, 5.41) is 8.78. The summed E-state index contributed by atoms with van der Waals surface area (Å²) in [6, 6.07) is 4.93. The van der Waals surface area contributed by atoms with E-state index < -0.39 is 22.0 Å². The fourth-order valence-corrected chi connectivity index (χ4v) is 2.35. The number of hydrogen-bond acceptors (Lipinski definition) is 5. The number of esters is 1. The van der Waals surface area contributed by atoms with Crippen molar-refractivity contribution in [2.24, 2.45) is 0 Å². The van der Waals surface area contributed by atoms with Crippen molar-refractivity contribution in [2.45, 2.75) is 11.3 Å². The molecule has 1 aromatic carbocycles. The Bertz CT molecular complexity index is 581. The Morgan fingerprint density at radius 3 is 2.63 bits per heavy atom. The van der Waals surface area contributed by atoms with E-state index in [1.807, 2.05) is 0 Å². The van der Waals surface area contributed by atoms with Crippen LogP contribution in [0, 0.1) is 0 Å². The number of aromatic carboxylic acids is 1. The molecule has 0 fully saturated rings. The van der Waals surface area contributed by atoms with Crippen LogP contribution in [0.3, 0.4) is 0 Å². The Balaban J connectivity index is 2.80. The largest absolute Gasteiger partial charge is 0.478 e. The van der Waals surface area contributed by atoms with Gasteiger partial charge < -0.3 is 9.84 Å². The third-order valence-electron chi connectivity index (χ3n) is 2.24. The average Bonchev–Trinajstić information content (AvgIpc) is 2.38. The third kappa shape index (κ3) is 4.34. The van der Waals surface area contributed by atoms with Crippen molar-refractivity contribution in [3.63, 3.8) is 0 Å². The standard InChI is InChI=1S/C11H13NO6S/c1-18-10(13)5-6-12-19(16,17)9-4-2-3-8(7-9)11(14)15/h2-4,7,12H,5-6H2,1H3,(H,14,15). The summed E-state index contributed by atoms with van der Waals surface area (Å²) in [5.74, 6) is -1.76. The van der Waals surface area contributed by atoms with Crippen molar-refractivity contribution in [1.82, 2.24) is 4.72 Å². The predicted molar refractivity (Wildman–Crippen MR) is 65.2 cm³/mol. The number of carbonyl (C=O) groups is 2. The van der Waals surface area contributed by atoms with Crippen molar-refractivity contribution in [2.75, 3.05) is 13.7 Å². The van der Waals surface area contributed by atoms with Crippen molar-refractivity contribution < 1.29 is 27.9 Å². The number of hydrogen-bond donors (Lipinski definition) is 2. The van der Waals surface area contributed by atoms with Crippen LogP contribution in [0.4, 0.5) is 0 Å². The number of ether oxygens (including phenoxy) is 1. The maximum atomic E-state index is 11.8. The van der Waals surface area contributed by atoms with E-state index in [9.17, 15) is 18.0 Å². The smallest absolute Gasteiger partial charge is 0.335 e. The topological polar surface area (TPSA) is 110 Å². The molecule has 0 atom stereocenters. The molecule has 0 heterocycles.